The highest BCUT2D eigenvalue weighted by molar-refractivity contribution is 7.09. The fourth-order valence-electron chi connectivity index (χ4n) is 3.48. The van der Waals surface area contributed by atoms with Crippen LogP contribution in [-0.4, -0.2) is 30.1 Å². The van der Waals surface area contributed by atoms with Gasteiger partial charge in [0.15, 0.2) is 0 Å². The third kappa shape index (κ3) is 2.94. The second kappa shape index (κ2) is 5.53. The Bertz CT molecular complexity index is 419. The van der Waals surface area contributed by atoms with Crippen molar-refractivity contribution < 1.29 is 4.79 Å². The molecule has 1 N–H and O–H groups in total. The van der Waals surface area contributed by atoms with Crippen LogP contribution in [0.3, 0.4) is 0 Å². The van der Waals surface area contributed by atoms with Crippen molar-refractivity contribution in [2.45, 2.75) is 38.6 Å². The van der Waals surface area contributed by atoms with Gasteiger partial charge in [0, 0.05) is 30.4 Å². The maximum atomic E-state index is 12.2. The topological polar surface area (TPSA) is 32.3 Å². The molecule has 1 aliphatic carbocycles. The van der Waals surface area contributed by atoms with Crippen molar-refractivity contribution in [2.24, 2.45) is 11.8 Å². The van der Waals surface area contributed by atoms with Crippen molar-refractivity contribution in [3.63, 3.8) is 0 Å². The van der Waals surface area contributed by atoms with Crippen LogP contribution in [0.15, 0.2) is 17.5 Å². The van der Waals surface area contributed by atoms with Crippen molar-refractivity contribution in [3.05, 3.63) is 22.4 Å². The monoisotopic (exact) mass is 278 g/mol. The first kappa shape index (κ1) is 13.0. The Labute approximate surface area is 119 Å². The molecular formula is C15H22N2OS. The van der Waals surface area contributed by atoms with Crippen LogP contribution in [0.5, 0.6) is 0 Å². The summed E-state index contributed by atoms with van der Waals surface area (Å²) in [5, 5.41) is 5.23. The molecule has 1 saturated heterocycles. The summed E-state index contributed by atoms with van der Waals surface area (Å²) in [4.78, 5) is 15.6. The quantitative estimate of drug-likeness (QED) is 0.905. The summed E-state index contributed by atoms with van der Waals surface area (Å²) in [6.07, 6.45) is 4.93. The fourth-order valence-corrected chi connectivity index (χ4v) is 4.32. The summed E-state index contributed by atoms with van der Waals surface area (Å²) in [5.41, 5.74) is 0. The molecule has 1 aromatic heterocycles. The van der Waals surface area contributed by atoms with Gasteiger partial charge in [-0.25, -0.2) is 4.79 Å². The third-order valence-electron chi connectivity index (χ3n) is 4.47. The molecule has 0 aromatic carbocycles. The normalized spacial score (nSPS) is 27.3. The van der Waals surface area contributed by atoms with Gasteiger partial charge in [0.05, 0.1) is 0 Å². The van der Waals surface area contributed by atoms with E-state index in [1.165, 1.54) is 24.1 Å². The molecule has 2 aliphatic rings. The average Bonchev–Trinajstić information content (AvgIpc) is 3.02. The number of thiophene rings is 1. The van der Waals surface area contributed by atoms with Crippen LogP contribution in [-0.2, 0) is 6.42 Å². The van der Waals surface area contributed by atoms with Crippen LogP contribution in [0, 0.1) is 11.8 Å². The fraction of sp³-hybridized carbons (Fsp3) is 0.667. The molecule has 0 radical (unpaired) electrons. The Kier molecular flexibility index (Phi) is 3.78. The minimum Gasteiger partial charge on any atom is -0.335 e. The number of rotatable bonds is 3. The first-order valence-corrected chi connectivity index (χ1v) is 8.18. The third-order valence-corrected chi connectivity index (χ3v) is 5.37. The number of hydrogen-bond acceptors (Lipinski definition) is 2. The number of urea groups is 1. The first-order valence-electron chi connectivity index (χ1n) is 7.30. The molecule has 2 fully saturated rings. The van der Waals surface area contributed by atoms with E-state index < -0.39 is 0 Å². The van der Waals surface area contributed by atoms with Gasteiger partial charge in [0.2, 0.25) is 0 Å². The summed E-state index contributed by atoms with van der Waals surface area (Å²) < 4.78 is 0. The van der Waals surface area contributed by atoms with Crippen LogP contribution in [0.1, 0.15) is 31.1 Å². The van der Waals surface area contributed by atoms with E-state index in [0.29, 0.717) is 0 Å². The molecule has 0 unspecified atom stereocenters. The van der Waals surface area contributed by atoms with Gasteiger partial charge in [-0.1, -0.05) is 12.5 Å². The van der Waals surface area contributed by atoms with Crippen LogP contribution in [0.25, 0.3) is 0 Å². The first-order chi connectivity index (χ1) is 9.22. The van der Waals surface area contributed by atoms with Crippen LogP contribution in [0.2, 0.25) is 0 Å². The highest BCUT2D eigenvalue weighted by Gasteiger charge is 2.38. The maximum absolute atomic E-state index is 12.2. The Balaban J connectivity index is 1.48. The predicted octanol–water partition coefficient (Wildman–Crippen LogP) is 3.12. The molecule has 0 spiro atoms. The molecule has 1 saturated carbocycles. The summed E-state index contributed by atoms with van der Waals surface area (Å²) in [5.74, 6) is 1.55. The number of carbonyl (C=O) groups is 1. The van der Waals surface area contributed by atoms with E-state index in [4.69, 9.17) is 0 Å². The lowest BCUT2D eigenvalue weighted by atomic mass is 10.0. The molecule has 0 bridgehead atoms. The SMILES string of the molecule is C[C@H](Cc1cccs1)NC(=O)N1C[C@H]2CCC[C@H]2C1. The van der Waals surface area contributed by atoms with E-state index in [9.17, 15) is 4.79 Å². The van der Waals surface area contributed by atoms with Crippen LogP contribution < -0.4 is 5.32 Å². The number of carbonyl (C=O) groups excluding carboxylic acids is 1. The van der Waals surface area contributed by atoms with E-state index in [1.54, 1.807) is 11.3 Å². The van der Waals surface area contributed by atoms with Gasteiger partial charge < -0.3 is 10.2 Å². The summed E-state index contributed by atoms with van der Waals surface area (Å²) in [6, 6.07) is 4.55. The van der Waals surface area contributed by atoms with Gasteiger partial charge in [0.25, 0.3) is 0 Å². The van der Waals surface area contributed by atoms with Crippen LogP contribution in [0.4, 0.5) is 4.79 Å². The van der Waals surface area contributed by atoms with Gasteiger partial charge in [-0.05, 0) is 43.0 Å². The molecule has 2 heterocycles. The Hall–Kier alpha value is -1.03. The number of fused-ring (bicyclic) bond motifs is 1. The average molecular weight is 278 g/mol. The van der Waals surface area contributed by atoms with Crippen LogP contribution >= 0.6 is 11.3 Å². The smallest absolute Gasteiger partial charge is 0.317 e. The zero-order chi connectivity index (χ0) is 13.2. The number of nitrogens with zero attached hydrogens (tertiary/aromatic N) is 1. The summed E-state index contributed by atoms with van der Waals surface area (Å²) in [6.45, 7) is 4.04. The number of likely N-dealkylation sites (tertiary alicyclic amines) is 1. The maximum Gasteiger partial charge on any atom is 0.317 e. The number of amides is 2. The predicted molar refractivity (Wildman–Crippen MR) is 78.4 cm³/mol. The largest absolute Gasteiger partial charge is 0.335 e. The van der Waals surface area contributed by atoms with Gasteiger partial charge in [-0.2, -0.15) is 0 Å². The van der Waals surface area contributed by atoms with Crippen molar-refractivity contribution in [1.29, 1.82) is 0 Å². The summed E-state index contributed by atoms with van der Waals surface area (Å²) in [7, 11) is 0. The Morgan fingerprint density at radius 1 is 1.47 bits per heavy atom. The molecule has 1 aliphatic heterocycles. The van der Waals surface area contributed by atoms with Crippen molar-refractivity contribution >= 4 is 17.4 Å². The number of hydrogen-bond donors (Lipinski definition) is 1. The lowest BCUT2D eigenvalue weighted by Crippen LogP contribution is -2.43. The standard InChI is InChI=1S/C15H22N2OS/c1-11(8-14-6-3-7-19-14)16-15(18)17-9-12-4-2-5-13(12)10-17/h3,6-7,11-13H,2,4-5,8-10H2,1H3,(H,16,18)/t11-,12-,13+/m1/s1. The molecule has 4 heteroatoms. The highest BCUT2D eigenvalue weighted by atomic mass is 32.1. The minimum atomic E-state index is 0.137. The molecule has 1 aromatic rings. The molecular weight excluding hydrogens is 256 g/mol. The zero-order valence-corrected chi connectivity index (χ0v) is 12.3. The molecule has 19 heavy (non-hydrogen) atoms. The van der Waals surface area contributed by atoms with E-state index in [0.717, 1.165) is 31.3 Å². The van der Waals surface area contributed by atoms with Crippen molar-refractivity contribution in [2.75, 3.05) is 13.1 Å². The lowest BCUT2D eigenvalue weighted by molar-refractivity contribution is 0.201. The highest BCUT2D eigenvalue weighted by Crippen LogP contribution is 2.37. The van der Waals surface area contributed by atoms with Crippen molar-refractivity contribution in [1.82, 2.24) is 10.2 Å². The van der Waals surface area contributed by atoms with E-state index in [2.05, 4.69) is 29.8 Å². The van der Waals surface area contributed by atoms with E-state index in [1.807, 2.05) is 4.90 Å². The van der Waals surface area contributed by atoms with Crippen molar-refractivity contribution in [3.8, 4) is 0 Å². The Morgan fingerprint density at radius 2 is 2.21 bits per heavy atom. The molecule has 3 nitrogen and oxygen atoms in total. The van der Waals surface area contributed by atoms with Gasteiger partial charge in [-0.3, -0.25) is 0 Å². The number of nitrogens with one attached hydrogen (secondary N) is 1. The zero-order valence-electron chi connectivity index (χ0n) is 11.5. The molecule has 3 rings (SSSR count). The summed E-state index contributed by atoms with van der Waals surface area (Å²) >= 11 is 1.76. The second-order valence-corrected chi connectivity index (χ2v) is 7.02. The second-order valence-electron chi connectivity index (χ2n) is 5.99. The van der Waals surface area contributed by atoms with E-state index in [-0.39, 0.29) is 12.1 Å². The van der Waals surface area contributed by atoms with Gasteiger partial charge in [0.1, 0.15) is 0 Å². The molecule has 104 valence electrons. The molecule has 3 atom stereocenters. The molecule has 2 amide bonds. The van der Waals surface area contributed by atoms with E-state index >= 15 is 0 Å². The lowest BCUT2D eigenvalue weighted by Gasteiger charge is -2.21. The Morgan fingerprint density at radius 3 is 2.84 bits per heavy atom. The van der Waals surface area contributed by atoms with Gasteiger partial charge in [-0.15, -0.1) is 11.3 Å². The van der Waals surface area contributed by atoms with Gasteiger partial charge >= 0.3 is 6.03 Å². The minimum absolute atomic E-state index is 0.137.